The molecule has 0 saturated carbocycles. The zero-order chi connectivity index (χ0) is 18.6. The van der Waals surface area contributed by atoms with Gasteiger partial charge in [-0.1, -0.05) is 0 Å². The number of rotatable bonds is 7. The molecule has 0 unspecified atom stereocenters. The second-order valence-electron chi connectivity index (χ2n) is 6.17. The average molecular weight is 365 g/mol. The quantitative estimate of drug-likeness (QED) is 0.452. The highest BCUT2D eigenvalue weighted by atomic mass is 32.3. The Hall–Kier alpha value is -2.64. The van der Waals surface area contributed by atoms with Crippen LogP contribution >= 0.6 is 10.0 Å². The van der Waals surface area contributed by atoms with Gasteiger partial charge in [-0.2, -0.15) is 10.4 Å². The van der Waals surface area contributed by atoms with Gasteiger partial charge >= 0.3 is 5.69 Å². The van der Waals surface area contributed by atoms with Crippen molar-refractivity contribution in [3.05, 3.63) is 34.1 Å². The van der Waals surface area contributed by atoms with Gasteiger partial charge in [-0.3, -0.25) is 10.1 Å². The van der Waals surface area contributed by atoms with Crippen molar-refractivity contribution in [1.82, 2.24) is 14.8 Å². The van der Waals surface area contributed by atoms with Crippen LogP contribution in [0.25, 0.3) is 11.3 Å². The van der Waals surface area contributed by atoms with Crippen molar-refractivity contribution >= 4 is 15.7 Å². The molecule has 134 valence electrons. The first-order valence-corrected chi connectivity index (χ1v) is 10.3. The zero-order valence-corrected chi connectivity index (χ0v) is 15.0. The van der Waals surface area contributed by atoms with Gasteiger partial charge in [-0.25, -0.2) is 19.7 Å². The lowest BCUT2D eigenvalue weighted by Gasteiger charge is -2.24. The topological polar surface area (TPSA) is 127 Å². The maximum absolute atomic E-state index is 11.3. The normalized spacial score (nSPS) is 11.9. The summed E-state index contributed by atoms with van der Waals surface area (Å²) in [5.41, 5.74) is -0.00663. The number of pyridine rings is 1. The van der Waals surface area contributed by atoms with E-state index in [1.54, 1.807) is 0 Å². The Kier molecular flexibility index (Phi) is 5.61. The van der Waals surface area contributed by atoms with Gasteiger partial charge in [0, 0.05) is 11.9 Å². The molecule has 10 heteroatoms. The minimum atomic E-state index is -0.714. The van der Waals surface area contributed by atoms with Crippen LogP contribution in [0.4, 0.5) is 5.69 Å². The lowest BCUT2D eigenvalue weighted by Crippen LogP contribution is -2.11. The lowest BCUT2D eigenvalue weighted by atomic mass is 10.1. The summed E-state index contributed by atoms with van der Waals surface area (Å²) in [4.78, 5) is 14.4. The maximum atomic E-state index is 11.3. The highest BCUT2D eigenvalue weighted by molar-refractivity contribution is 8.32. The monoisotopic (exact) mass is 365 g/mol. The van der Waals surface area contributed by atoms with Gasteiger partial charge in [0.05, 0.1) is 22.7 Å². The second kappa shape index (κ2) is 7.50. The van der Waals surface area contributed by atoms with Crippen LogP contribution < -0.4 is 0 Å². The molecule has 2 rings (SSSR count). The smallest absolute Gasteiger partial charge is 0.315 e. The van der Waals surface area contributed by atoms with Gasteiger partial charge in [0.1, 0.15) is 19.0 Å². The van der Waals surface area contributed by atoms with E-state index in [0.29, 0.717) is 6.61 Å². The average Bonchev–Trinajstić information content (AvgIpc) is 2.95. The molecule has 0 aromatic carbocycles. The number of aromatic nitrogens is 3. The van der Waals surface area contributed by atoms with E-state index in [0.717, 1.165) is 11.9 Å². The van der Waals surface area contributed by atoms with E-state index in [9.17, 15) is 15.2 Å². The minimum Gasteiger partial charge on any atom is -0.493 e. The van der Waals surface area contributed by atoms with Gasteiger partial charge in [-0.15, -0.1) is 0 Å². The van der Waals surface area contributed by atoms with Gasteiger partial charge < -0.3 is 9.84 Å². The number of nitriles is 1. The molecule has 2 aromatic heterocycles. The molecule has 9 nitrogen and oxygen atoms in total. The van der Waals surface area contributed by atoms with Gasteiger partial charge in [0.2, 0.25) is 5.88 Å². The first kappa shape index (κ1) is 18.7. The molecule has 0 saturated heterocycles. The molecule has 2 aromatic rings. The third kappa shape index (κ3) is 4.68. The zero-order valence-electron chi connectivity index (χ0n) is 14.2. The summed E-state index contributed by atoms with van der Waals surface area (Å²) in [6.45, 7) is 0.489. The highest BCUT2D eigenvalue weighted by Gasteiger charge is 2.25. The maximum Gasteiger partial charge on any atom is 0.315 e. The molecule has 0 aliphatic carbocycles. The molecule has 25 heavy (non-hydrogen) atoms. The van der Waals surface area contributed by atoms with Crippen LogP contribution in [0.2, 0.25) is 0 Å². The number of aromatic hydroxyl groups is 1. The van der Waals surface area contributed by atoms with Crippen LogP contribution in [0.1, 0.15) is 5.56 Å². The predicted molar refractivity (Wildman–Crippen MR) is 94.7 cm³/mol. The lowest BCUT2D eigenvalue weighted by molar-refractivity contribution is -0.384. The molecular formula is C15H19N5O4S. The number of nitro groups is 1. The van der Waals surface area contributed by atoms with Crippen molar-refractivity contribution in [3.63, 3.8) is 0 Å². The summed E-state index contributed by atoms with van der Waals surface area (Å²) in [5, 5.41) is 34.2. The summed E-state index contributed by atoms with van der Waals surface area (Å²) >= 11 is 0. The Labute approximate surface area is 146 Å². The van der Waals surface area contributed by atoms with Gasteiger partial charge in [-0.05, 0) is 24.8 Å². The van der Waals surface area contributed by atoms with E-state index in [-0.39, 0.29) is 29.2 Å². The summed E-state index contributed by atoms with van der Waals surface area (Å²) in [6.07, 6.45) is 8.77. The molecule has 0 aliphatic heterocycles. The number of ether oxygens (including phenoxy) is 1. The number of hydrogen-bond donors (Lipinski definition) is 1. The Bertz CT molecular complexity index is 822. The van der Waals surface area contributed by atoms with Crippen molar-refractivity contribution < 1.29 is 14.8 Å². The second-order valence-corrected chi connectivity index (χ2v) is 10.8. The molecule has 0 bridgehead atoms. The van der Waals surface area contributed by atoms with Crippen LogP contribution in [0.5, 0.6) is 5.88 Å². The van der Waals surface area contributed by atoms with Gasteiger partial charge in [0.25, 0.3) is 0 Å². The van der Waals surface area contributed by atoms with Crippen molar-refractivity contribution in [2.45, 2.75) is 6.73 Å². The Morgan fingerprint density at radius 3 is 2.76 bits per heavy atom. The molecular weight excluding hydrogens is 346 g/mol. The third-order valence-corrected chi connectivity index (χ3v) is 4.71. The molecule has 1 N–H and O–H groups in total. The summed E-state index contributed by atoms with van der Waals surface area (Å²) in [6, 6.07) is 3.23. The van der Waals surface area contributed by atoms with Crippen LogP contribution in [0.3, 0.4) is 0 Å². The SMILES string of the molecule is CS(C)(C)CCOCn1ncc([N+](=O)[O-])c1-c1cc(C#N)cnc1O. The molecule has 0 aliphatic rings. The molecule has 0 spiro atoms. The minimum absolute atomic E-state index is 0.00505. The van der Waals surface area contributed by atoms with E-state index in [2.05, 4.69) is 28.8 Å². The van der Waals surface area contributed by atoms with E-state index in [1.165, 1.54) is 16.9 Å². The Morgan fingerprint density at radius 2 is 2.16 bits per heavy atom. The summed E-state index contributed by atoms with van der Waals surface area (Å²) < 4.78 is 6.86. The van der Waals surface area contributed by atoms with Crippen LogP contribution in [0, 0.1) is 21.4 Å². The van der Waals surface area contributed by atoms with Crippen molar-refractivity contribution in [2.24, 2.45) is 0 Å². The van der Waals surface area contributed by atoms with Crippen LogP contribution in [-0.2, 0) is 11.5 Å². The fourth-order valence-corrected chi connectivity index (χ4v) is 2.65. The number of hydrogen-bond acceptors (Lipinski definition) is 7. The van der Waals surface area contributed by atoms with Crippen molar-refractivity contribution in [2.75, 3.05) is 31.1 Å². The summed E-state index contributed by atoms with van der Waals surface area (Å²) in [7, 11) is -0.714. The van der Waals surface area contributed by atoms with Crippen LogP contribution in [-0.4, -0.2) is 55.9 Å². The fourth-order valence-electron chi connectivity index (χ4n) is 2.04. The molecule has 0 radical (unpaired) electrons. The third-order valence-electron chi connectivity index (χ3n) is 3.32. The van der Waals surface area contributed by atoms with E-state index < -0.39 is 20.8 Å². The highest BCUT2D eigenvalue weighted by Crippen LogP contribution is 2.35. The molecule has 0 atom stereocenters. The van der Waals surface area contributed by atoms with E-state index in [1.807, 2.05) is 6.07 Å². The molecule has 2 heterocycles. The fraction of sp³-hybridized carbons (Fsp3) is 0.400. The number of nitrogens with zero attached hydrogens (tertiary/aromatic N) is 5. The Morgan fingerprint density at radius 1 is 1.44 bits per heavy atom. The molecule has 0 amide bonds. The summed E-state index contributed by atoms with van der Waals surface area (Å²) in [5.74, 6) is 0.477. The van der Waals surface area contributed by atoms with E-state index >= 15 is 0 Å². The van der Waals surface area contributed by atoms with Crippen molar-refractivity contribution in [1.29, 1.82) is 5.26 Å². The van der Waals surface area contributed by atoms with Crippen LogP contribution in [0.15, 0.2) is 18.5 Å². The predicted octanol–water partition coefficient (Wildman–Crippen LogP) is 2.10. The first-order chi connectivity index (χ1) is 11.7. The first-order valence-electron chi connectivity index (χ1n) is 7.26. The standard InChI is InChI=1S/C15H19N5O4S/c1-25(2,3)5-4-24-10-19-14(13(9-18-19)20(22)23)12-6-11(7-16)8-17-15(12)21/h6,8-9H,4-5,10H2,1-3H3,(H,17,21). The van der Waals surface area contributed by atoms with Gasteiger partial charge in [0.15, 0.2) is 5.69 Å². The van der Waals surface area contributed by atoms with E-state index in [4.69, 9.17) is 10.00 Å². The molecule has 0 fully saturated rings. The Balaban J connectivity index is 2.35. The largest absolute Gasteiger partial charge is 0.493 e. The van der Waals surface area contributed by atoms with Crippen molar-refractivity contribution in [3.8, 4) is 23.2 Å².